The van der Waals surface area contributed by atoms with E-state index < -0.39 is 49.0 Å². The van der Waals surface area contributed by atoms with Crippen LogP contribution in [0.25, 0.3) is 0 Å². The monoisotopic (exact) mass is 300 g/mol. The number of fused-ring (bicyclic) bond motifs is 1. The number of hydrogen-bond donors (Lipinski definition) is 1. The van der Waals surface area contributed by atoms with E-state index in [0.29, 0.717) is 6.07 Å². The zero-order chi connectivity index (χ0) is 15.1. The smallest absolute Gasteiger partial charge is 0.416 e. The van der Waals surface area contributed by atoms with Gasteiger partial charge in [0.05, 0.1) is 5.56 Å². The quantitative estimate of drug-likeness (QED) is 0.868. The number of rotatable bonds is 3. The van der Waals surface area contributed by atoms with Crippen LogP contribution < -0.4 is 4.74 Å². The van der Waals surface area contributed by atoms with Crippen molar-refractivity contribution in [2.24, 2.45) is 0 Å². The summed E-state index contributed by atoms with van der Waals surface area (Å²) in [6.07, 6.45) is -11.9. The third kappa shape index (κ3) is 2.70. The molecule has 0 heterocycles. The maximum Gasteiger partial charge on any atom is 0.416 e. The highest BCUT2D eigenvalue weighted by atomic mass is 19.4. The van der Waals surface area contributed by atoms with E-state index in [4.69, 9.17) is 0 Å². The molecule has 0 bridgehead atoms. The van der Waals surface area contributed by atoms with Crippen LogP contribution in [0.1, 0.15) is 22.8 Å². The Morgan fingerprint density at radius 3 is 2.50 bits per heavy atom. The van der Waals surface area contributed by atoms with Gasteiger partial charge in [-0.3, -0.25) is 0 Å². The Hall–Kier alpha value is -1.44. The first-order valence-corrected chi connectivity index (χ1v) is 5.68. The van der Waals surface area contributed by atoms with Gasteiger partial charge in [0.2, 0.25) is 0 Å². The molecule has 2 rings (SSSR count). The maximum atomic E-state index is 13.4. The number of aliphatic hydroxyl groups is 1. The van der Waals surface area contributed by atoms with Gasteiger partial charge < -0.3 is 9.84 Å². The first-order valence-electron chi connectivity index (χ1n) is 5.68. The van der Waals surface area contributed by atoms with Crippen LogP contribution in [-0.4, -0.2) is 24.3 Å². The van der Waals surface area contributed by atoms with E-state index in [9.17, 15) is 31.4 Å². The van der Waals surface area contributed by atoms with E-state index in [1.165, 1.54) is 0 Å². The molecule has 1 aliphatic carbocycles. The molecule has 0 aliphatic heterocycles. The first kappa shape index (κ1) is 15.0. The predicted octanol–water partition coefficient (Wildman–Crippen LogP) is 3.28. The fraction of sp³-hybridized carbons (Fsp3) is 0.500. The molecule has 1 aliphatic rings. The maximum absolute atomic E-state index is 13.4. The van der Waals surface area contributed by atoms with Crippen LogP contribution >= 0.6 is 0 Å². The summed E-state index contributed by atoms with van der Waals surface area (Å²) in [7, 11) is 0. The topological polar surface area (TPSA) is 29.5 Å². The van der Waals surface area contributed by atoms with Crippen molar-refractivity contribution in [3.63, 3.8) is 0 Å². The number of ether oxygens (including phenoxy) is 1. The molecule has 0 saturated carbocycles. The van der Waals surface area contributed by atoms with E-state index in [1.54, 1.807) is 0 Å². The van der Waals surface area contributed by atoms with Gasteiger partial charge in [0.25, 0.3) is 6.43 Å². The minimum absolute atomic E-state index is 0.208. The van der Waals surface area contributed by atoms with E-state index in [1.807, 2.05) is 0 Å². The molecule has 8 heteroatoms. The Bertz CT molecular complexity index is 499. The summed E-state index contributed by atoms with van der Waals surface area (Å²) in [6, 6.07) is 1.47. The SMILES string of the molecule is O[C@H]1c2c(C(F)(F)F)ccc(OCC(F)F)c2C[C@H]1F. The van der Waals surface area contributed by atoms with Crippen LogP contribution in [0.3, 0.4) is 0 Å². The lowest BCUT2D eigenvalue weighted by atomic mass is 10.0. The van der Waals surface area contributed by atoms with Crippen molar-refractivity contribution in [3.05, 3.63) is 28.8 Å². The molecule has 20 heavy (non-hydrogen) atoms. The largest absolute Gasteiger partial charge is 0.487 e. The number of benzene rings is 1. The molecule has 0 radical (unpaired) electrons. The second-order valence-corrected chi connectivity index (χ2v) is 4.37. The Labute approximate surface area is 110 Å². The highest BCUT2D eigenvalue weighted by Gasteiger charge is 2.43. The van der Waals surface area contributed by atoms with Crippen molar-refractivity contribution in [3.8, 4) is 5.75 Å². The molecule has 1 N–H and O–H groups in total. The molecule has 0 amide bonds. The fourth-order valence-corrected chi connectivity index (χ4v) is 2.22. The Morgan fingerprint density at radius 1 is 1.30 bits per heavy atom. The summed E-state index contributed by atoms with van der Waals surface area (Å²) in [5.74, 6) is -0.257. The summed E-state index contributed by atoms with van der Waals surface area (Å²) in [5.41, 5.74) is -2.01. The van der Waals surface area contributed by atoms with Gasteiger partial charge in [0.15, 0.2) is 0 Å². The van der Waals surface area contributed by atoms with Gasteiger partial charge in [-0.1, -0.05) is 0 Å². The summed E-state index contributed by atoms with van der Waals surface area (Å²) in [4.78, 5) is 0. The Kier molecular flexibility index (Phi) is 3.86. The average Bonchev–Trinajstić information content (AvgIpc) is 2.62. The Morgan fingerprint density at radius 2 is 1.95 bits per heavy atom. The normalized spacial score (nSPS) is 22.2. The second-order valence-electron chi connectivity index (χ2n) is 4.37. The predicted molar refractivity (Wildman–Crippen MR) is 56.5 cm³/mol. The van der Waals surface area contributed by atoms with Crippen molar-refractivity contribution < 1.29 is 36.2 Å². The first-order chi connectivity index (χ1) is 9.21. The average molecular weight is 300 g/mol. The van der Waals surface area contributed by atoms with Gasteiger partial charge >= 0.3 is 6.18 Å². The molecule has 1 aromatic carbocycles. The second kappa shape index (κ2) is 5.16. The molecule has 0 saturated heterocycles. The summed E-state index contributed by atoms with van der Waals surface area (Å²) >= 11 is 0. The lowest BCUT2D eigenvalue weighted by Gasteiger charge is -2.17. The molecule has 1 aromatic rings. The minimum atomic E-state index is -4.77. The van der Waals surface area contributed by atoms with Gasteiger partial charge in [0, 0.05) is 17.5 Å². The van der Waals surface area contributed by atoms with Crippen molar-refractivity contribution in [2.45, 2.75) is 31.3 Å². The van der Waals surface area contributed by atoms with Gasteiger partial charge in [-0.25, -0.2) is 13.2 Å². The van der Waals surface area contributed by atoms with Crippen LogP contribution in [0.4, 0.5) is 26.3 Å². The molecular formula is C12H10F6O2. The molecule has 2 atom stereocenters. The fourth-order valence-electron chi connectivity index (χ4n) is 2.22. The van der Waals surface area contributed by atoms with Crippen LogP contribution in [-0.2, 0) is 12.6 Å². The summed E-state index contributed by atoms with van der Waals surface area (Å²) in [6.45, 7) is -1.01. The third-order valence-corrected chi connectivity index (χ3v) is 3.02. The van der Waals surface area contributed by atoms with E-state index in [-0.39, 0.29) is 11.3 Å². The van der Waals surface area contributed by atoms with Crippen molar-refractivity contribution in [1.82, 2.24) is 0 Å². The highest BCUT2D eigenvalue weighted by molar-refractivity contribution is 5.51. The zero-order valence-corrected chi connectivity index (χ0v) is 9.92. The number of aliphatic hydroxyl groups excluding tert-OH is 1. The van der Waals surface area contributed by atoms with Crippen LogP contribution in [0.15, 0.2) is 12.1 Å². The molecule has 0 aromatic heterocycles. The summed E-state index contributed by atoms with van der Waals surface area (Å²) < 4.78 is 80.6. The van der Waals surface area contributed by atoms with Gasteiger partial charge in [-0.05, 0) is 12.1 Å². The van der Waals surface area contributed by atoms with Crippen LogP contribution in [0.5, 0.6) is 5.75 Å². The van der Waals surface area contributed by atoms with E-state index in [2.05, 4.69) is 4.74 Å². The third-order valence-electron chi connectivity index (χ3n) is 3.02. The molecule has 2 nitrogen and oxygen atoms in total. The Balaban J connectivity index is 2.46. The van der Waals surface area contributed by atoms with Gasteiger partial charge in [-0.15, -0.1) is 0 Å². The minimum Gasteiger partial charge on any atom is -0.487 e. The summed E-state index contributed by atoms with van der Waals surface area (Å²) in [5, 5.41) is 9.52. The zero-order valence-electron chi connectivity index (χ0n) is 9.92. The number of hydrogen-bond acceptors (Lipinski definition) is 2. The molecular weight excluding hydrogens is 290 g/mol. The lowest BCUT2D eigenvalue weighted by molar-refractivity contribution is -0.139. The highest BCUT2D eigenvalue weighted by Crippen LogP contribution is 2.45. The molecule has 112 valence electrons. The van der Waals surface area contributed by atoms with Crippen molar-refractivity contribution in [1.29, 1.82) is 0 Å². The molecule has 0 unspecified atom stereocenters. The van der Waals surface area contributed by atoms with Crippen LogP contribution in [0, 0.1) is 0 Å². The standard InChI is InChI=1S/C12H10F6O2/c13-7-3-5-8(20-4-9(14)15)2-1-6(12(16,17)18)10(5)11(7)19/h1-2,7,9,11,19H,3-4H2/t7-,11-/m1/s1. The van der Waals surface area contributed by atoms with Gasteiger partial charge in [0.1, 0.15) is 24.6 Å². The number of alkyl halides is 6. The lowest BCUT2D eigenvalue weighted by Crippen LogP contribution is -2.14. The molecule has 0 spiro atoms. The van der Waals surface area contributed by atoms with Gasteiger partial charge in [-0.2, -0.15) is 13.2 Å². The van der Waals surface area contributed by atoms with E-state index >= 15 is 0 Å². The van der Waals surface area contributed by atoms with E-state index in [0.717, 1.165) is 6.07 Å². The van der Waals surface area contributed by atoms with Crippen molar-refractivity contribution in [2.75, 3.05) is 6.61 Å². The number of halogens is 6. The van der Waals surface area contributed by atoms with Crippen molar-refractivity contribution >= 4 is 0 Å². The molecule has 0 fully saturated rings. The van der Waals surface area contributed by atoms with Crippen LogP contribution in [0.2, 0.25) is 0 Å².